The molecule has 0 aromatic heterocycles. The summed E-state index contributed by atoms with van der Waals surface area (Å²) in [6.07, 6.45) is -1.33. The van der Waals surface area contributed by atoms with Gasteiger partial charge in [-0.15, -0.1) is 0 Å². The van der Waals surface area contributed by atoms with Crippen LogP contribution in [0.1, 0.15) is 32.1 Å². The van der Waals surface area contributed by atoms with Crippen LogP contribution in [0.4, 0.5) is 13.2 Å². The first-order valence-electron chi connectivity index (χ1n) is 7.36. The summed E-state index contributed by atoms with van der Waals surface area (Å²) >= 11 is 0. The number of amides is 1. The maximum Gasteiger partial charge on any atom is 0.392 e. The number of alkyl halides is 3. The number of carbonyl (C=O) groups is 1. The van der Waals surface area contributed by atoms with Crippen LogP contribution in [0.2, 0.25) is 0 Å². The normalized spacial score (nSPS) is 33.2. The molecule has 2 heterocycles. The van der Waals surface area contributed by atoms with Crippen LogP contribution in [-0.4, -0.2) is 43.3 Å². The lowest BCUT2D eigenvalue weighted by molar-refractivity contribution is -0.238. The molecule has 1 aliphatic carbocycles. The zero-order valence-electron chi connectivity index (χ0n) is 11.4. The minimum atomic E-state index is -4.13. The molecule has 2 saturated heterocycles. The molecule has 1 saturated carbocycles. The molecule has 3 rings (SSSR count). The summed E-state index contributed by atoms with van der Waals surface area (Å²) in [5, 5.41) is 0. The number of likely N-dealkylation sites (tertiary alicyclic amines) is 1. The van der Waals surface area contributed by atoms with Crippen molar-refractivity contribution in [3.63, 3.8) is 0 Å². The summed E-state index contributed by atoms with van der Waals surface area (Å²) in [5.41, 5.74) is -0.703. The van der Waals surface area contributed by atoms with E-state index in [0.717, 1.165) is 6.42 Å². The Morgan fingerprint density at radius 3 is 2.50 bits per heavy atom. The van der Waals surface area contributed by atoms with E-state index in [4.69, 9.17) is 4.74 Å². The van der Waals surface area contributed by atoms with Gasteiger partial charge in [-0.25, -0.2) is 0 Å². The Kier molecular flexibility index (Phi) is 3.47. The van der Waals surface area contributed by atoms with Gasteiger partial charge in [0.15, 0.2) is 0 Å². The Balaban J connectivity index is 1.71. The maximum atomic E-state index is 13.2. The van der Waals surface area contributed by atoms with Crippen LogP contribution in [0.3, 0.4) is 0 Å². The van der Waals surface area contributed by atoms with Gasteiger partial charge in [-0.05, 0) is 31.1 Å². The van der Waals surface area contributed by atoms with Crippen LogP contribution in [0.25, 0.3) is 0 Å². The molecular formula is C14H20F3NO2. The van der Waals surface area contributed by atoms with E-state index in [2.05, 4.69) is 0 Å². The van der Waals surface area contributed by atoms with Gasteiger partial charge in [-0.3, -0.25) is 4.79 Å². The van der Waals surface area contributed by atoms with Gasteiger partial charge >= 0.3 is 6.18 Å². The molecule has 6 heteroatoms. The van der Waals surface area contributed by atoms with Gasteiger partial charge in [-0.1, -0.05) is 6.42 Å². The number of piperidine rings is 1. The number of hydrogen-bond donors (Lipinski definition) is 0. The second-order valence-corrected chi connectivity index (χ2v) is 6.42. The van der Waals surface area contributed by atoms with Gasteiger partial charge < -0.3 is 9.64 Å². The monoisotopic (exact) mass is 291 g/mol. The van der Waals surface area contributed by atoms with Crippen LogP contribution >= 0.6 is 0 Å². The molecule has 3 aliphatic rings. The number of carbonyl (C=O) groups excluding carboxylic acids is 1. The van der Waals surface area contributed by atoms with E-state index in [1.807, 2.05) is 0 Å². The van der Waals surface area contributed by atoms with Crippen molar-refractivity contribution in [1.29, 1.82) is 0 Å². The smallest absolute Gasteiger partial charge is 0.381 e. The lowest BCUT2D eigenvalue weighted by Crippen LogP contribution is -2.58. The van der Waals surface area contributed by atoms with E-state index in [1.165, 1.54) is 0 Å². The Morgan fingerprint density at radius 1 is 1.25 bits per heavy atom. The van der Waals surface area contributed by atoms with Crippen LogP contribution in [-0.2, 0) is 9.53 Å². The maximum absolute atomic E-state index is 13.2. The minimum Gasteiger partial charge on any atom is -0.381 e. The Hall–Kier alpha value is -0.780. The van der Waals surface area contributed by atoms with Gasteiger partial charge in [0.2, 0.25) is 5.91 Å². The van der Waals surface area contributed by atoms with Crippen LogP contribution in [0, 0.1) is 17.3 Å². The molecule has 1 spiro atoms. The number of ether oxygens (including phenoxy) is 1. The average Bonchev–Trinajstić information content (AvgIpc) is 2.88. The Labute approximate surface area is 116 Å². The van der Waals surface area contributed by atoms with Crippen molar-refractivity contribution < 1.29 is 22.7 Å². The molecule has 0 radical (unpaired) electrons. The first-order chi connectivity index (χ1) is 9.42. The standard InChI is InChI=1S/C14H20F3NO2/c15-14(16,17)11-2-6-18(9-13(11)4-1-5-13)12(19)10-3-7-20-8-10/h10-11H,1-9H2/t10-,11+/m0/s1. The van der Waals surface area contributed by atoms with Crippen LogP contribution in [0.5, 0.6) is 0 Å². The zero-order valence-corrected chi connectivity index (χ0v) is 11.4. The van der Waals surface area contributed by atoms with Crippen molar-refractivity contribution in [3.8, 4) is 0 Å². The molecule has 114 valence electrons. The number of rotatable bonds is 1. The van der Waals surface area contributed by atoms with Gasteiger partial charge in [-0.2, -0.15) is 13.2 Å². The fourth-order valence-electron chi connectivity index (χ4n) is 3.98. The van der Waals surface area contributed by atoms with E-state index >= 15 is 0 Å². The van der Waals surface area contributed by atoms with E-state index in [0.29, 0.717) is 32.5 Å². The van der Waals surface area contributed by atoms with Crippen molar-refractivity contribution in [2.75, 3.05) is 26.3 Å². The molecule has 2 atom stereocenters. The third kappa shape index (κ3) is 2.32. The Bertz CT molecular complexity index is 386. The van der Waals surface area contributed by atoms with Gasteiger partial charge in [0.1, 0.15) is 0 Å². The number of nitrogens with zero attached hydrogens (tertiary/aromatic N) is 1. The van der Waals surface area contributed by atoms with Crippen LogP contribution < -0.4 is 0 Å². The summed E-state index contributed by atoms with van der Waals surface area (Å²) in [6.45, 7) is 1.53. The van der Waals surface area contributed by atoms with E-state index in [9.17, 15) is 18.0 Å². The van der Waals surface area contributed by atoms with E-state index in [-0.39, 0.29) is 31.3 Å². The molecule has 0 N–H and O–H groups in total. The molecule has 0 bridgehead atoms. The molecular weight excluding hydrogens is 271 g/mol. The topological polar surface area (TPSA) is 29.5 Å². The molecule has 0 aromatic carbocycles. The molecule has 0 unspecified atom stereocenters. The van der Waals surface area contributed by atoms with Crippen molar-refractivity contribution in [3.05, 3.63) is 0 Å². The largest absolute Gasteiger partial charge is 0.392 e. The van der Waals surface area contributed by atoms with Crippen molar-refractivity contribution in [1.82, 2.24) is 4.90 Å². The van der Waals surface area contributed by atoms with Crippen molar-refractivity contribution in [2.45, 2.75) is 38.3 Å². The van der Waals surface area contributed by atoms with Gasteiger partial charge in [0.05, 0.1) is 18.4 Å². The highest BCUT2D eigenvalue weighted by atomic mass is 19.4. The average molecular weight is 291 g/mol. The zero-order chi connectivity index (χ0) is 14.4. The fraction of sp³-hybridized carbons (Fsp3) is 0.929. The predicted molar refractivity (Wildman–Crippen MR) is 66.0 cm³/mol. The minimum absolute atomic E-state index is 0.00519. The summed E-state index contributed by atoms with van der Waals surface area (Å²) in [5.74, 6) is -1.38. The van der Waals surface area contributed by atoms with E-state index < -0.39 is 17.5 Å². The molecule has 3 fully saturated rings. The number of halogens is 3. The molecule has 1 amide bonds. The second-order valence-electron chi connectivity index (χ2n) is 6.42. The molecule has 0 aromatic rings. The Morgan fingerprint density at radius 2 is 2.00 bits per heavy atom. The molecule has 20 heavy (non-hydrogen) atoms. The highest BCUT2D eigenvalue weighted by Crippen LogP contribution is 2.56. The molecule has 2 aliphatic heterocycles. The summed E-state index contributed by atoms with van der Waals surface area (Å²) in [7, 11) is 0. The summed E-state index contributed by atoms with van der Waals surface area (Å²) in [4.78, 5) is 14.0. The predicted octanol–water partition coefficient (Wildman–Crippen LogP) is 2.60. The van der Waals surface area contributed by atoms with Crippen molar-refractivity contribution >= 4 is 5.91 Å². The summed E-state index contributed by atoms with van der Waals surface area (Å²) in [6, 6.07) is 0. The first-order valence-corrected chi connectivity index (χ1v) is 7.36. The molecule has 3 nitrogen and oxygen atoms in total. The lowest BCUT2D eigenvalue weighted by atomic mass is 9.58. The summed E-state index contributed by atoms with van der Waals surface area (Å²) < 4.78 is 44.7. The fourth-order valence-corrected chi connectivity index (χ4v) is 3.98. The highest BCUT2D eigenvalue weighted by molar-refractivity contribution is 5.79. The first kappa shape index (κ1) is 14.2. The van der Waals surface area contributed by atoms with Gasteiger partial charge in [0, 0.05) is 19.7 Å². The van der Waals surface area contributed by atoms with Crippen LogP contribution in [0.15, 0.2) is 0 Å². The third-order valence-corrected chi connectivity index (χ3v) is 5.27. The SMILES string of the molecule is O=C([C@H]1CCOC1)N1CC[C@@H](C(F)(F)F)C2(CCC2)C1. The van der Waals surface area contributed by atoms with Gasteiger partial charge in [0.25, 0.3) is 0 Å². The quantitative estimate of drug-likeness (QED) is 0.743. The van der Waals surface area contributed by atoms with E-state index in [1.54, 1.807) is 4.90 Å². The highest BCUT2D eigenvalue weighted by Gasteiger charge is 2.58. The number of hydrogen-bond acceptors (Lipinski definition) is 2. The lowest BCUT2D eigenvalue weighted by Gasteiger charge is -2.54. The third-order valence-electron chi connectivity index (χ3n) is 5.27. The van der Waals surface area contributed by atoms with Crippen molar-refractivity contribution in [2.24, 2.45) is 17.3 Å². The second kappa shape index (κ2) is 4.90.